The minimum atomic E-state index is -1.26. The maximum absolute atomic E-state index is 13.6. The molecule has 1 aromatic heterocycles. The molecule has 1 aliphatic heterocycles. The van der Waals surface area contributed by atoms with Crippen LogP contribution in [0.1, 0.15) is 27.7 Å². The number of nitrogens with zero attached hydrogens (tertiary/aromatic N) is 2. The molecule has 174 valence electrons. The number of hydrogen-bond acceptors (Lipinski definition) is 6. The summed E-state index contributed by atoms with van der Waals surface area (Å²) in [5.41, 5.74) is 1.53. The molecule has 0 unspecified atom stereocenters. The van der Waals surface area contributed by atoms with Gasteiger partial charge in [-0.15, -0.1) is 11.3 Å². The number of carbonyl (C=O) groups is 2. The van der Waals surface area contributed by atoms with Crippen molar-refractivity contribution in [2.24, 2.45) is 4.99 Å². The van der Waals surface area contributed by atoms with Crippen LogP contribution in [0.3, 0.4) is 0 Å². The topological polar surface area (TPSA) is 82.0 Å². The number of carboxylic acids is 1. The second-order valence-electron chi connectivity index (χ2n) is 7.68. The Morgan fingerprint density at radius 2 is 1.80 bits per heavy atom. The van der Waals surface area contributed by atoms with Gasteiger partial charge in [0.2, 0.25) is 0 Å². The van der Waals surface area contributed by atoms with Gasteiger partial charge in [0.05, 0.1) is 28.2 Å². The summed E-state index contributed by atoms with van der Waals surface area (Å²) >= 11 is 8.22. The number of halogens is 1. The molecule has 0 fully saturated rings. The van der Waals surface area contributed by atoms with Crippen LogP contribution >= 0.6 is 22.9 Å². The first-order chi connectivity index (χ1) is 17.0. The first-order valence-electron chi connectivity index (χ1n) is 10.8. The zero-order valence-corrected chi connectivity index (χ0v) is 20.1. The van der Waals surface area contributed by atoms with E-state index >= 15 is 0 Å². The lowest BCUT2D eigenvalue weighted by atomic mass is 10.1. The summed E-state index contributed by atoms with van der Waals surface area (Å²) < 4.78 is 6.53. The van der Waals surface area contributed by atoms with Crippen molar-refractivity contribution in [2.45, 2.75) is 6.92 Å². The van der Waals surface area contributed by atoms with Crippen molar-refractivity contribution in [3.63, 3.8) is 0 Å². The standard InChI is InChI=1S/C27H19ClN2O4S/c1-2-34-19-13-11-18(12-14-19)30-25(24-23(28)20-5-3-4-6-22(20)35-24)29-21(26(30)31)15-16-7-9-17(10-8-16)27(32)33/h3-15H,2H2,1H3,(H,32,33)/p-1/b21-15+. The van der Waals surface area contributed by atoms with Gasteiger partial charge in [-0.05, 0) is 54.5 Å². The van der Waals surface area contributed by atoms with Crippen molar-refractivity contribution in [3.8, 4) is 5.75 Å². The van der Waals surface area contributed by atoms with E-state index < -0.39 is 5.97 Å². The predicted octanol–water partition coefficient (Wildman–Crippen LogP) is 5.15. The summed E-state index contributed by atoms with van der Waals surface area (Å²) in [6, 6.07) is 21.0. The number of hydrogen-bond donors (Lipinski definition) is 0. The molecule has 1 amide bonds. The molecule has 0 saturated carbocycles. The Labute approximate surface area is 210 Å². The van der Waals surface area contributed by atoms with Crippen molar-refractivity contribution < 1.29 is 19.4 Å². The number of thiophene rings is 1. The molecular weight excluding hydrogens is 484 g/mol. The minimum absolute atomic E-state index is 0.0576. The van der Waals surface area contributed by atoms with Gasteiger partial charge in [0.15, 0.2) is 5.84 Å². The number of aliphatic imine (C=N–C) groups is 1. The van der Waals surface area contributed by atoms with E-state index in [1.807, 2.05) is 31.2 Å². The lowest BCUT2D eigenvalue weighted by Crippen LogP contribution is -2.32. The van der Waals surface area contributed by atoms with Gasteiger partial charge >= 0.3 is 0 Å². The average molecular weight is 502 g/mol. The number of rotatable bonds is 6. The van der Waals surface area contributed by atoms with Crippen LogP contribution < -0.4 is 14.7 Å². The second kappa shape index (κ2) is 9.37. The molecular formula is C27H18ClN2O4S-. The molecule has 0 radical (unpaired) electrons. The van der Waals surface area contributed by atoms with Crippen LogP contribution in [0, 0.1) is 0 Å². The Hall–Kier alpha value is -3.94. The van der Waals surface area contributed by atoms with E-state index in [9.17, 15) is 14.7 Å². The van der Waals surface area contributed by atoms with E-state index in [1.165, 1.54) is 28.4 Å². The average Bonchev–Trinajstić information content (AvgIpc) is 3.37. The smallest absolute Gasteiger partial charge is 0.282 e. The monoisotopic (exact) mass is 501 g/mol. The van der Waals surface area contributed by atoms with Gasteiger partial charge in [0, 0.05) is 10.1 Å². The lowest BCUT2D eigenvalue weighted by molar-refractivity contribution is -0.255. The first-order valence-corrected chi connectivity index (χ1v) is 12.0. The Kier molecular flexibility index (Phi) is 6.11. The fraction of sp³-hybridized carbons (Fsp3) is 0.0741. The van der Waals surface area contributed by atoms with Gasteiger partial charge in [0.25, 0.3) is 5.91 Å². The highest BCUT2D eigenvalue weighted by Gasteiger charge is 2.35. The van der Waals surface area contributed by atoms with Gasteiger partial charge in [-0.3, -0.25) is 9.69 Å². The second-order valence-corrected chi connectivity index (χ2v) is 9.11. The van der Waals surface area contributed by atoms with E-state index in [0.29, 0.717) is 39.3 Å². The van der Waals surface area contributed by atoms with Gasteiger partial charge in [-0.2, -0.15) is 0 Å². The number of aromatic carboxylic acids is 1. The molecule has 35 heavy (non-hydrogen) atoms. The van der Waals surface area contributed by atoms with Crippen molar-refractivity contribution in [1.82, 2.24) is 0 Å². The molecule has 2 heterocycles. The van der Waals surface area contributed by atoms with Gasteiger partial charge in [-0.25, -0.2) is 4.99 Å². The largest absolute Gasteiger partial charge is 0.545 e. The van der Waals surface area contributed by atoms with E-state index in [2.05, 4.69) is 4.99 Å². The zero-order chi connectivity index (χ0) is 24.5. The highest BCUT2D eigenvalue weighted by atomic mass is 35.5. The number of fused-ring (bicyclic) bond motifs is 1. The number of carboxylic acid groups (broad SMARTS) is 1. The molecule has 1 aliphatic rings. The number of anilines is 1. The zero-order valence-electron chi connectivity index (χ0n) is 18.5. The quantitative estimate of drug-likeness (QED) is 0.342. The lowest BCUT2D eigenvalue weighted by Gasteiger charge is -2.18. The highest BCUT2D eigenvalue weighted by Crippen LogP contribution is 2.39. The third-order valence-corrected chi connectivity index (χ3v) is 7.13. The van der Waals surface area contributed by atoms with Crippen molar-refractivity contribution in [2.75, 3.05) is 11.5 Å². The van der Waals surface area contributed by atoms with E-state index in [1.54, 1.807) is 42.5 Å². The highest BCUT2D eigenvalue weighted by molar-refractivity contribution is 7.21. The Balaban J connectivity index is 1.61. The van der Waals surface area contributed by atoms with Crippen LogP contribution in [-0.4, -0.2) is 24.3 Å². The Morgan fingerprint density at radius 1 is 1.09 bits per heavy atom. The maximum atomic E-state index is 13.6. The molecule has 0 aliphatic carbocycles. The molecule has 0 saturated heterocycles. The minimum Gasteiger partial charge on any atom is -0.545 e. The molecule has 0 bridgehead atoms. The summed E-state index contributed by atoms with van der Waals surface area (Å²) in [5.74, 6) is -0.447. The van der Waals surface area contributed by atoms with Crippen molar-refractivity contribution in [1.29, 1.82) is 0 Å². The fourth-order valence-electron chi connectivity index (χ4n) is 3.80. The summed E-state index contributed by atoms with van der Waals surface area (Å²) in [5, 5.41) is 12.5. The van der Waals surface area contributed by atoms with Crippen LogP contribution in [0.2, 0.25) is 5.02 Å². The van der Waals surface area contributed by atoms with Crippen LogP contribution in [0.4, 0.5) is 5.69 Å². The van der Waals surface area contributed by atoms with E-state index in [4.69, 9.17) is 16.3 Å². The number of carbonyl (C=O) groups excluding carboxylic acids is 2. The number of amidine groups is 1. The van der Waals surface area contributed by atoms with Crippen LogP contribution in [-0.2, 0) is 4.79 Å². The SMILES string of the molecule is CCOc1ccc(N2C(=O)/C(=C\c3ccc(C(=O)[O-])cc3)N=C2c2sc3ccccc3c2Cl)cc1. The predicted molar refractivity (Wildman–Crippen MR) is 137 cm³/mol. The summed E-state index contributed by atoms with van der Waals surface area (Å²) in [6.07, 6.45) is 1.62. The fourth-order valence-corrected chi connectivity index (χ4v) is 5.29. The third-order valence-electron chi connectivity index (χ3n) is 5.45. The number of benzene rings is 3. The first kappa shape index (κ1) is 22.8. The molecule has 6 nitrogen and oxygen atoms in total. The normalized spacial score (nSPS) is 14.6. The van der Waals surface area contributed by atoms with Gasteiger partial charge < -0.3 is 14.6 Å². The summed E-state index contributed by atoms with van der Waals surface area (Å²) in [7, 11) is 0. The molecule has 0 spiro atoms. The summed E-state index contributed by atoms with van der Waals surface area (Å²) in [6.45, 7) is 2.44. The van der Waals surface area contributed by atoms with Crippen molar-refractivity contribution >= 4 is 62.5 Å². The van der Waals surface area contributed by atoms with E-state index in [0.717, 1.165) is 10.1 Å². The third kappa shape index (κ3) is 4.32. The maximum Gasteiger partial charge on any atom is 0.282 e. The number of ether oxygens (including phenoxy) is 1. The van der Waals surface area contributed by atoms with Crippen molar-refractivity contribution in [3.05, 3.63) is 99.5 Å². The van der Waals surface area contributed by atoms with Gasteiger partial charge in [-0.1, -0.05) is 54.1 Å². The molecule has 5 rings (SSSR count). The van der Waals surface area contributed by atoms with Crippen LogP contribution in [0.5, 0.6) is 5.75 Å². The number of amides is 1. The molecule has 3 aromatic carbocycles. The van der Waals surface area contributed by atoms with Crippen LogP contribution in [0.15, 0.2) is 83.5 Å². The Bertz CT molecular complexity index is 1500. The molecule has 0 N–H and O–H groups in total. The van der Waals surface area contributed by atoms with Gasteiger partial charge in [0.1, 0.15) is 11.4 Å². The molecule has 8 heteroatoms. The molecule has 4 aromatic rings. The Morgan fingerprint density at radius 3 is 2.46 bits per heavy atom. The van der Waals surface area contributed by atoms with Crippen LogP contribution in [0.25, 0.3) is 16.2 Å². The summed E-state index contributed by atoms with van der Waals surface area (Å²) in [4.78, 5) is 31.5. The molecule has 0 atom stereocenters. The van der Waals surface area contributed by atoms with E-state index in [-0.39, 0.29) is 17.2 Å².